The molecular weight excluding hydrogens is 205 g/mol. The molecule has 0 spiro atoms. The van der Waals surface area contributed by atoms with Crippen LogP contribution in [-0.4, -0.2) is 19.5 Å². The Morgan fingerprint density at radius 3 is 2.38 bits per heavy atom. The predicted molar refractivity (Wildman–Crippen MR) is 60.1 cm³/mol. The lowest BCUT2D eigenvalue weighted by Crippen LogP contribution is -2.18. The molecule has 1 aromatic rings. The third kappa shape index (κ3) is 3.45. The zero-order valence-corrected chi connectivity index (χ0v) is 9.15. The Labute approximate surface area is 89.3 Å². The first-order chi connectivity index (χ1) is 6.24. The van der Waals surface area contributed by atoms with Gasteiger partial charge in [-0.2, -0.15) is 0 Å². The van der Waals surface area contributed by atoms with Gasteiger partial charge >= 0.3 is 0 Å². The number of benzene rings is 1. The summed E-state index contributed by atoms with van der Waals surface area (Å²) >= 11 is 11.4. The molecule has 0 heterocycles. The molecule has 0 N–H and O–H groups in total. The van der Waals surface area contributed by atoms with Gasteiger partial charge in [-0.05, 0) is 30.7 Å². The Bertz CT molecular complexity index is 246. The number of alkyl halides is 1. The summed E-state index contributed by atoms with van der Waals surface area (Å²) in [7, 11) is 2.05. The lowest BCUT2D eigenvalue weighted by atomic mass is 10.3. The maximum Gasteiger partial charge on any atom is 0.0407 e. The summed E-state index contributed by atoms with van der Waals surface area (Å²) in [4.78, 5) is 2.17. The number of nitrogens with zero attached hydrogens (tertiary/aromatic N) is 1. The van der Waals surface area contributed by atoms with Crippen molar-refractivity contribution in [3.8, 4) is 0 Å². The monoisotopic (exact) mass is 217 g/mol. The van der Waals surface area contributed by atoms with E-state index in [1.807, 2.05) is 24.3 Å². The molecule has 0 unspecified atom stereocenters. The van der Waals surface area contributed by atoms with Crippen molar-refractivity contribution in [2.24, 2.45) is 0 Å². The van der Waals surface area contributed by atoms with E-state index in [0.717, 1.165) is 18.0 Å². The summed E-state index contributed by atoms with van der Waals surface area (Å²) in [6, 6.07) is 7.81. The van der Waals surface area contributed by atoms with Crippen molar-refractivity contribution in [1.29, 1.82) is 0 Å². The molecule has 0 aliphatic carbocycles. The Hall–Kier alpha value is -0.400. The fraction of sp³-hybridized carbons (Fsp3) is 0.400. The number of halogens is 2. The first-order valence-corrected chi connectivity index (χ1v) is 5.18. The SMILES string of the molecule is CN(CCCCl)c1ccc(Cl)cc1. The predicted octanol–water partition coefficient (Wildman–Crippen LogP) is 3.41. The van der Waals surface area contributed by atoms with Crippen LogP contribution in [0.3, 0.4) is 0 Å². The molecule has 0 fully saturated rings. The van der Waals surface area contributed by atoms with Gasteiger partial charge in [0, 0.05) is 30.2 Å². The molecule has 0 aromatic heterocycles. The van der Waals surface area contributed by atoms with E-state index in [4.69, 9.17) is 23.2 Å². The zero-order chi connectivity index (χ0) is 9.68. The lowest BCUT2D eigenvalue weighted by Gasteiger charge is -2.18. The summed E-state index contributed by atoms with van der Waals surface area (Å²) in [5.41, 5.74) is 1.18. The van der Waals surface area contributed by atoms with Gasteiger partial charge in [0.1, 0.15) is 0 Å². The summed E-state index contributed by atoms with van der Waals surface area (Å²) in [5, 5.41) is 0.773. The molecule has 0 atom stereocenters. The van der Waals surface area contributed by atoms with Gasteiger partial charge in [0.2, 0.25) is 0 Å². The Morgan fingerprint density at radius 1 is 1.23 bits per heavy atom. The van der Waals surface area contributed by atoms with E-state index < -0.39 is 0 Å². The fourth-order valence-corrected chi connectivity index (χ4v) is 1.37. The van der Waals surface area contributed by atoms with E-state index in [2.05, 4.69) is 11.9 Å². The molecule has 72 valence electrons. The third-order valence-corrected chi connectivity index (χ3v) is 2.41. The van der Waals surface area contributed by atoms with Crippen LogP contribution in [0.25, 0.3) is 0 Å². The molecule has 0 aliphatic rings. The van der Waals surface area contributed by atoms with Gasteiger partial charge in [-0.25, -0.2) is 0 Å². The molecule has 1 aromatic carbocycles. The van der Waals surface area contributed by atoms with Crippen molar-refractivity contribution < 1.29 is 0 Å². The highest BCUT2D eigenvalue weighted by molar-refractivity contribution is 6.30. The van der Waals surface area contributed by atoms with Gasteiger partial charge in [-0.3, -0.25) is 0 Å². The topological polar surface area (TPSA) is 3.24 Å². The molecule has 3 heteroatoms. The van der Waals surface area contributed by atoms with Crippen LogP contribution in [0.1, 0.15) is 6.42 Å². The van der Waals surface area contributed by atoms with Crippen LogP contribution in [0.15, 0.2) is 24.3 Å². The molecule has 0 saturated heterocycles. The molecule has 1 nitrogen and oxygen atoms in total. The maximum absolute atomic E-state index is 5.78. The Balaban J connectivity index is 2.55. The van der Waals surface area contributed by atoms with Gasteiger partial charge in [0.05, 0.1) is 0 Å². The lowest BCUT2D eigenvalue weighted by molar-refractivity contribution is 0.857. The van der Waals surface area contributed by atoms with Crippen LogP contribution in [0.2, 0.25) is 5.02 Å². The molecule has 0 aliphatic heterocycles. The quantitative estimate of drug-likeness (QED) is 0.700. The maximum atomic E-state index is 5.78. The highest BCUT2D eigenvalue weighted by Crippen LogP contribution is 2.16. The summed E-state index contributed by atoms with van der Waals surface area (Å²) in [6.07, 6.45) is 1.00. The highest BCUT2D eigenvalue weighted by atomic mass is 35.5. The van der Waals surface area contributed by atoms with E-state index in [9.17, 15) is 0 Å². The minimum Gasteiger partial charge on any atom is -0.375 e. The summed E-state index contributed by atoms with van der Waals surface area (Å²) < 4.78 is 0. The average molecular weight is 218 g/mol. The van der Waals surface area contributed by atoms with Gasteiger partial charge in [-0.15, -0.1) is 11.6 Å². The number of rotatable bonds is 4. The minimum atomic E-state index is 0.706. The van der Waals surface area contributed by atoms with Crippen molar-refractivity contribution >= 4 is 28.9 Å². The summed E-state index contributed by atoms with van der Waals surface area (Å²) in [5.74, 6) is 0.706. The second-order valence-corrected chi connectivity index (χ2v) is 3.75. The van der Waals surface area contributed by atoms with E-state index in [-0.39, 0.29) is 0 Å². The summed E-state index contributed by atoms with van der Waals surface area (Å²) in [6.45, 7) is 0.977. The normalized spacial score (nSPS) is 10.1. The smallest absolute Gasteiger partial charge is 0.0407 e. The standard InChI is InChI=1S/C10H13Cl2N/c1-13(8-2-7-11)10-5-3-9(12)4-6-10/h3-6H,2,7-8H2,1H3. The van der Waals surface area contributed by atoms with Gasteiger partial charge in [-0.1, -0.05) is 11.6 Å². The first-order valence-electron chi connectivity index (χ1n) is 4.26. The third-order valence-electron chi connectivity index (χ3n) is 1.89. The van der Waals surface area contributed by atoms with Crippen LogP contribution in [0, 0.1) is 0 Å². The van der Waals surface area contributed by atoms with Crippen molar-refractivity contribution in [2.75, 3.05) is 24.4 Å². The first kappa shape index (κ1) is 10.7. The van der Waals surface area contributed by atoms with Crippen LogP contribution in [-0.2, 0) is 0 Å². The average Bonchev–Trinajstić information content (AvgIpc) is 2.15. The van der Waals surface area contributed by atoms with E-state index in [1.54, 1.807) is 0 Å². The van der Waals surface area contributed by atoms with Crippen LogP contribution in [0.5, 0.6) is 0 Å². The number of hydrogen-bond donors (Lipinski definition) is 0. The molecule has 1 rings (SSSR count). The van der Waals surface area contributed by atoms with Crippen LogP contribution >= 0.6 is 23.2 Å². The molecule has 0 bridgehead atoms. The van der Waals surface area contributed by atoms with Gasteiger partial charge in [0.25, 0.3) is 0 Å². The highest BCUT2D eigenvalue weighted by Gasteiger charge is 1.98. The van der Waals surface area contributed by atoms with Gasteiger partial charge in [0.15, 0.2) is 0 Å². The van der Waals surface area contributed by atoms with Crippen LogP contribution in [0.4, 0.5) is 5.69 Å². The molecule has 13 heavy (non-hydrogen) atoms. The van der Waals surface area contributed by atoms with Crippen molar-refractivity contribution in [2.45, 2.75) is 6.42 Å². The second-order valence-electron chi connectivity index (χ2n) is 2.94. The van der Waals surface area contributed by atoms with Crippen molar-refractivity contribution in [3.05, 3.63) is 29.3 Å². The second kappa shape index (κ2) is 5.36. The van der Waals surface area contributed by atoms with E-state index in [0.29, 0.717) is 5.88 Å². The molecule has 0 radical (unpaired) electrons. The van der Waals surface area contributed by atoms with E-state index >= 15 is 0 Å². The van der Waals surface area contributed by atoms with Crippen LogP contribution < -0.4 is 4.90 Å². The zero-order valence-electron chi connectivity index (χ0n) is 7.63. The molecule has 0 amide bonds. The number of anilines is 1. The largest absolute Gasteiger partial charge is 0.375 e. The Kier molecular flexibility index (Phi) is 4.40. The van der Waals surface area contributed by atoms with Crippen molar-refractivity contribution in [1.82, 2.24) is 0 Å². The van der Waals surface area contributed by atoms with E-state index in [1.165, 1.54) is 5.69 Å². The number of hydrogen-bond acceptors (Lipinski definition) is 1. The molecular formula is C10H13Cl2N. The van der Waals surface area contributed by atoms with Crippen molar-refractivity contribution in [3.63, 3.8) is 0 Å². The minimum absolute atomic E-state index is 0.706. The molecule has 0 saturated carbocycles. The van der Waals surface area contributed by atoms with Gasteiger partial charge < -0.3 is 4.90 Å². The Morgan fingerprint density at radius 2 is 1.85 bits per heavy atom. The fourth-order valence-electron chi connectivity index (χ4n) is 1.12.